The van der Waals surface area contributed by atoms with E-state index in [1.54, 1.807) is 0 Å². The molecule has 0 radical (unpaired) electrons. The first kappa shape index (κ1) is 9.50. The summed E-state index contributed by atoms with van der Waals surface area (Å²) in [7, 11) is -3.98. The highest BCUT2D eigenvalue weighted by Crippen LogP contribution is 2.26. The normalized spacial score (nSPS) is 11.4. The Balaban J connectivity index is 3.24. The number of amides is 1. The Labute approximate surface area is 77.9 Å². The van der Waals surface area contributed by atoms with Gasteiger partial charge in [-0.15, -0.1) is 11.3 Å². The predicted octanol–water partition coefficient (Wildman–Crippen LogP) is 1.25. The second-order valence-corrected chi connectivity index (χ2v) is 5.70. The van der Waals surface area contributed by atoms with Crippen LogP contribution in [0.2, 0.25) is 4.34 Å². The number of halogens is 1. The lowest BCUT2D eigenvalue weighted by Gasteiger charge is -1.92. The van der Waals surface area contributed by atoms with E-state index < -0.39 is 15.1 Å². The summed E-state index contributed by atoms with van der Waals surface area (Å²) in [6.07, 6.45) is 0. The maximum atomic E-state index is 11.0. The van der Waals surface area contributed by atoms with Crippen LogP contribution in [0.4, 0.5) is 4.79 Å². The van der Waals surface area contributed by atoms with Crippen molar-refractivity contribution in [3.8, 4) is 0 Å². The number of hydrogen-bond donors (Lipinski definition) is 1. The molecule has 0 aliphatic rings. The van der Waals surface area contributed by atoms with Crippen LogP contribution in [0.5, 0.6) is 0 Å². The number of carbonyl (C=O) groups excluding carboxylic acids is 1. The molecule has 0 aliphatic heterocycles. The van der Waals surface area contributed by atoms with Crippen molar-refractivity contribution in [2.45, 2.75) is 4.21 Å². The molecule has 0 saturated heterocycles. The fourth-order valence-electron chi connectivity index (χ4n) is 0.541. The van der Waals surface area contributed by atoms with Crippen LogP contribution < -0.4 is 5.73 Å². The molecule has 0 aromatic carbocycles. The molecule has 66 valence electrons. The van der Waals surface area contributed by atoms with Gasteiger partial charge in [0.2, 0.25) is 0 Å². The SMILES string of the molecule is NC(=O)S(=O)(=O)c1ccc(Cl)s1. The van der Waals surface area contributed by atoms with Gasteiger partial charge < -0.3 is 5.73 Å². The van der Waals surface area contributed by atoms with E-state index in [2.05, 4.69) is 5.73 Å². The molecule has 1 aromatic heterocycles. The molecule has 1 amide bonds. The number of thiophene rings is 1. The molecule has 1 aromatic rings. The Hall–Kier alpha value is -0.590. The first-order valence-corrected chi connectivity index (χ1v) is 5.42. The second-order valence-electron chi connectivity index (χ2n) is 1.88. The van der Waals surface area contributed by atoms with Crippen molar-refractivity contribution in [3.63, 3.8) is 0 Å². The third-order valence-corrected chi connectivity index (χ3v) is 4.21. The predicted molar refractivity (Wildman–Crippen MR) is 46.1 cm³/mol. The molecule has 0 fully saturated rings. The van der Waals surface area contributed by atoms with Crippen LogP contribution >= 0.6 is 22.9 Å². The number of primary amides is 1. The molecule has 0 spiro atoms. The summed E-state index contributed by atoms with van der Waals surface area (Å²) in [6.45, 7) is 0. The van der Waals surface area contributed by atoms with Gasteiger partial charge in [-0.2, -0.15) is 0 Å². The molecule has 1 rings (SSSR count). The van der Waals surface area contributed by atoms with Crippen LogP contribution in [0.15, 0.2) is 16.3 Å². The fraction of sp³-hybridized carbons (Fsp3) is 0. The fourth-order valence-corrected chi connectivity index (χ4v) is 2.86. The third-order valence-electron chi connectivity index (χ3n) is 1.08. The minimum atomic E-state index is -3.98. The molecular formula is C5H4ClNO3S2. The first-order chi connectivity index (χ1) is 5.44. The van der Waals surface area contributed by atoms with Gasteiger partial charge in [-0.25, -0.2) is 8.42 Å². The van der Waals surface area contributed by atoms with Crippen molar-refractivity contribution >= 4 is 38.0 Å². The topological polar surface area (TPSA) is 77.2 Å². The zero-order chi connectivity index (χ0) is 9.35. The molecule has 0 bridgehead atoms. The van der Waals surface area contributed by atoms with Crippen molar-refractivity contribution in [2.75, 3.05) is 0 Å². The number of rotatable bonds is 1. The Morgan fingerprint density at radius 1 is 1.50 bits per heavy atom. The highest BCUT2D eigenvalue weighted by molar-refractivity contribution is 8.07. The Morgan fingerprint density at radius 3 is 2.42 bits per heavy atom. The van der Waals surface area contributed by atoms with Crippen molar-refractivity contribution in [3.05, 3.63) is 16.5 Å². The molecular weight excluding hydrogens is 222 g/mol. The molecule has 0 saturated carbocycles. The average Bonchev–Trinajstić information content (AvgIpc) is 2.35. The zero-order valence-corrected chi connectivity index (χ0v) is 8.04. The monoisotopic (exact) mass is 225 g/mol. The van der Waals surface area contributed by atoms with E-state index in [1.807, 2.05) is 0 Å². The first-order valence-electron chi connectivity index (χ1n) is 2.74. The van der Waals surface area contributed by atoms with Gasteiger partial charge in [0.05, 0.1) is 4.34 Å². The Kier molecular flexibility index (Phi) is 2.41. The van der Waals surface area contributed by atoms with E-state index in [0.29, 0.717) is 4.34 Å². The summed E-state index contributed by atoms with van der Waals surface area (Å²) < 4.78 is 22.2. The van der Waals surface area contributed by atoms with Crippen LogP contribution in [0.25, 0.3) is 0 Å². The summed E-state index contributed by atoms with van der Waals surface area (Å²) in [4.78, 5) is 10.4. The van der Waals surface area contributed by atoms with Crippen molar-refractivity contribution in [1.29, 1.82) is 0 Å². The quantitative estimate of drug-likeness (QED) is 0.782. The summed E-state index contributed by atoms with van der Waals surface area (Å²) in [5, 5.41) is -1.36. The lowest BCUT2D eigenvalue weighted by molar-refractivity contribution is 0.265. The van der Waals surface area contributed by atoms with Crippen molar-refractivity contribution in [2.24, 2.45) is 5.73 Å². The van der Waals surface area contributed by atoms with Crippen molar-refractivity contribution < 1.29 is 13.2 Å². The summed E-state index contributed by atoms with van der Waals surface area (Å²) in [5.41, 5.74) is 4.65. The standard InChI is InChI=1S/C5H4ClNO3S2/c6-3-1-2-4(11-3)12(9,10)5(7)8/h1-2H,(H2,7,8). The van der Waals surface area contributed by atoms with Crippen LogP contribution in [0, 0.1) is 0 Å². The molecule has 4 nitrogen and oxygen atoms in total. The van der Waals surface area contributed by atoms with E-state index >= 15 is 0 Å². The smallest absolute Gasteiger partial charge is 0.339 e. The van der Waals surface area contributed by atoms with Crippen molar-refractivity contribution in [1.82, 2.24) is 0 Å². The highest BCUT2D eigenvalue weighted by atomic mass is 35.5. The van der Waals surface area contributed by atoms with Crippen LogP contribution in [-0.2, 0) is 9.84 Å². The molecule has 0 unspecified atom stereocenters. The summed E-state index contributed by atoms with van der Waals surface area (Å²) in [5.74, 6) is 0. The van der Waals surface area contributed by atoms with Crippen LogP contribution in [0.3, 0.4) is 0 Å². The van der Waals surface area contributed by atoms with Gasteiger partial charge in [0.1, 0.15) is 4.21 Å². The molecule has 12 heavy (non-hydrogen) atoms. The number of nitrogens with two attached hydrogens (primary N) is 1. The lowest BCUT2D eigenvalue weighted by atomic mass is 10.7. The van der Waals surface area contributed by atoms with Gasteiger partial charge in [0.15, 0.2) is 0 Å². The Morgan fingerprint density at radius 2 is 2.08 bits per heavy atom. The molecule has 0 aliphatic carbocycles. The average molecular weight is 226 g/mol. The minimum Gasteiger partial charge on any atom is -0.356 e. The van der Waals surface area contributed by atoms with E-state index in [4.69, 9.17) is 11.6 Å². The van der Waals surface area contributed by atoms with Gasteiger partial charge in [0, 0.05) is 0 Å². The maximum Gasteiger partial charge on any atom is 0.339 e. The number of carbonyl (C=O) groups is 1. The van der Waals surface area contributed by atoms with E-state index in [1.165, 1.54) is 12.1 Å². The maximum absolute atomic E-state index is 11.0. The highest BCUT2D eigenvalue weighted by Gasteiger charge is 2.23. The molecule has 0 atom stereocenters. The second kappa shape index (κ2) is 3.04. The van der Waals surface area contributed by atoms with Gasteiger partial charge in [-0.3, -0.25) is 4.79 Å². The Bertz CT molecular complexity index is 408. The molecule has 1 heterocycles. The third kappa shape index (κ3) is 1.60. The van der Waals surface area contributed by atoms with Gasteiger partial charge in [-0.05, 0) is 12.1 Å². The van der Waals surface area contributed by atoms with Crippen LogP contribution in [0.1, 0.15) is 0 Å². The minimum absolute atomic E-state index is 0.125. The molecule has 2 N–H and O–H groups in total. The number of hydrogen-bond acceptors (Lipinski definition) is 4. The zero-order valence-electron chi connectivity index (χ0n) is 5.65. The summed E-state index contributed by atoms with van der Waals surface area (Å²) in [6, 6.07) is 2.63. The van der Waals surface area contributed by atoms with E-state index in [0.717, 1.165) is 11.3 Å². The van der Waals surface area contributed by atoms with E-state index in [-0.39, 0.29) is 4.21 Å². The molecule has 7 heteroatoms. The van der Waals surface area contributed by atoms with Crippen LogP contribution in [-0.4, -0.2) is 13.7 Å². The summed E-state index contributed by atoms with van der Waals surface area (Å²) >= 11 is 6.27. The lowest BCUT2D eigenvalue weighted by Crippen LogP contribution is -2.20. The van der Waals surface area contributed by atoms with Gasteiger partial charge >= 0.3 is 5.24 Å². The largest absolute Gasteiger partial charge is 0.356 e. The number of sulfone groups is 1. The van der Waals surface area contributed by atoms with Gasteiger partial charge in [0.25, 0.3) is 9.84 Å². The van der Waals surface area contributed by atoms with Gasteiger partial charge in [-0.1, -0.05) is 11.6 Å². The van der Waals surface area contributed by atoms with E-state index in [9.17, 15) is 13.2 Å².